The summed E-state index contributed by atoms with van der Waals surface area (Å²) >= 11 is 6.37. The van der Waals surface area contributed by atoms with Gasteiger partial charge in [0, 0.05) is 23.5 Å². The number of hydrogen-bond acceptors (Lipinski definition) is 7. The molecule has 0 saturated heterocycles. The number of aliphatic hydroxyl groups is 1. The van der Waals surface area contributed by atoms with Crippen molar-refractivity contribution in [1.82, 2.24) is 4.72 Å². The fraction of sp³-hybridized carbons (Fsp3) is 0.516. The molecular formula is C31H37ClN2O6S. The van der Waals surface area contributed by atoms with E-state index in [4.69, 9.17) is 21.1 Å². The van der Waals surface area contributed by atoms with E-state index in [1.807, 2.05) is 12.1 Å². The van der Waals surface area contributed by atoms with Crippen LogP contribution in [-0.4, -0.2) is 57.4 Å². The molecule has 0 aromatic heterocycles. The molecule has 2 N–H and O–H groups in total. The molecule has 220 valence electrons. The summed E-state index contributed by atoms with van der Waals surface area (Å²) in [6.45, 7) is 4.86. The van der Waals surface area contributed by atoms with Gasteiger partial charge in [0.15, 0.2) is 0 Å². The monoisotopic (exact) mass is 600 g/mol. The van der Waals surface area contributed by atoms with Crippen molar-refractivity contribution in [1.29, 1.82) is 0 Å². The number of carbonyl (C=O) groups is 1. The highest BCUT2D eigenvalue weighted by Crippen LogP contribution is 2.47. The summed E-state index contributed by atoms with van der Waals surface area (Å²) in [4.78, 5) is 15.2. The van der Waals surface area contributed by atoms with Crippen molar-refractivity contribution in [2.24, 2.45) is 11.8 Å². The van der Waals surface area contributed by atoms with Gasteiger partial charge < -0.3 is 19.5 Å². The minimum atomic E-state index is -4.18. The lowest BCUT2D eigenvalue weighted by Gasteiger charge is -2.45. The first-order valence-corrected chi connectivity index (χ1v) is 16.2. The molecule has 2 aliphatic heterocycles. The van der Waals surface area contributed by atoms with Crippen LogP contribution in [0.2, 0.25) is 5.02 Å². The van der Waals surface area contributed by atoms with Crippen molar-refractivity contribution in [3.8, 4) is 5.75 Å². The Balaban J connectivity index is 1.44. The van der Waals surface area contributed by atoms with E-state index in [1.54, 1.807) is 24.3 Å². The third kappa shape index (κ3) is 5.38. The highest BCUT2D eigenvalue weighted by molar-refractivity contribution is 7.90. The van der Waals surface area contributed by atoms with Gasteiger partial charge in [0.1, 0.15) is 11.4 Å². The molecule has 1 amide bonds. The van der Waals surface area contributed by atoms with Gasteiger partial charge in [-0.05, 0) is 99.2 Å². The molecule has 2 aliphatic carbocycles. The van der Waals surface area contributed by atoms with Gasteiger partial charge in [-0.3, -0.25) is 4.79 Å². The normalized spacial score (nSPS) is 30.7. The zero-order valence-corrected chi connectivity index (χ0v) is 25.0. The van der Waals surface area contributed by atoms with E-state index in [0.717, 1.165) is 32.1 Å². The average Bonchev–Trinajstić information content (AvgIpc) is 3.05. The molecule has 1 saturated carbocycles. The number of sulfonamides is 1. The number of benzene rings is 2. The zero-order valence-electron chi connectivity index (χ0n) is 23.4. The third-order valence-electron chi connectivity index (χ3n) is 9.34. The number of aliphatic hydroxyl groups excluding tert-OH is 1. The number of ether oxygens (including phenoxy) is 2. The summed E-state index contributed by atoms with van der Waals surface area (Å²) in [5, 5.41) is 11.7. The van der Waals surface area contributed by atoms with Crippen molar-refractivity contribution in [2.75, 3.05) is 31.2 Å². The van der Waals surface area contributed by atoms with Crippen molar-refractivity contribution < 1.29 is 27.8 Å². The largest absolute Gasteiger partial charge is 0.490 e. The van der Waals surface area contributed by atoms with E-state index in [0.29, 0.717) is 36.2 Å². The fourth-order valence-electron chi connectivity index (χ4n) is 6.78. The van der Waals surface area contributed by atoms with Crippen LogP contribution in [0.3, 0.4) is 0 Å². The first-order chi connectivity index (χ1) is 19.5. The van der Waals surface area contributed by atoms with Gasteiger partial charge in [-0.2, -0.15) is 0 Å². The fourth-order valence-corrected chi connectivity index (χ4v) is 8.10. The molecule has 41 heavy (non-hydrogen) atoms. The lowest BCUT2D eigenvalue weighted by molar-refractivity contribution is -0.139. The molecular weight excluding hydrogens is 564 g/mol. The van der Waals surface area contributed by atoms with E-state index in [1.165, 1.54) is 31.0 Å². The zero-order chi connectivity index (χ0) is 29.0. The van der Waals surface area contributed by atoms with Gasteiger partial charge in [0.25, 0.3) is 15.9 Å². The lowest BCUT2D eigenvalue weighted by Crippen LogP contribution is -2.49. The van der Waals surface area contributed by atoms with Crippen molar-refractivity contribution in [2.45, 2.75) is 68.0 Å². The minimum Gasteiger partial charge on any atom is -0.490 e. The highest BCUT2D eigenvalue weighted by atomic mass is 35.5. The van der Waals surface area contributed by atoms with Crippen LogP contribution in [0.25, 0.3) is 0 Å². The molecule has 0 radical (unpaired) electrons. The maximum Gasteiger partial charge on any atom is 0.265 e. The number of nitrogens with zero attached hydrogens (tertiary/aromatic N) is 1. The Morgan fingerprint density at radius 1 is 1.15 bits per heavy atom. The summed E-state index contributed by atoms with van der Waals surface area (Å²) in [6, 6.07) is 10.9. The number of carbonyl (C=O) groups excluding carboxylic acids is 1. The standard InChI is InChI=1S/C31H37ClN2O6S/c1-30(2)29(36)33-41(37,38)23-9-12-28-26(16-23)34(17-21-7-10-24(21)27(35)6-4-14-40-30)18-31(19-39-28)13-3-5-20-15-22(32)8-11-25(20)31/h4,6,8-9,11-12,15-16,21,24,27,35H,3,5,7,10,13-14,17-19H2,1-2H3,(H,33,36)/t21-,24+,27+,31-/m0/s1. The molecule has 6 rings (SSSR count). The molecule has 4 atom stereocenters. The van der Waals surface area contributed by atoms with E-state index >= 15 is 0 Å². The van der Waals surface area contributed by atoms with E-state index < -0.39 is 27.6 Å². The maximum absolute atomic E-state index is 13.4. The Hall–Kier alpha value is -2.59. The number of anilines is 1. The van der Waals surface area contributed by atoms with Crippen LogP contribution in [-0.2, 0) is 31.4 Å². The third-order valence-corrected chi connectivity index (χ3v) is 10.9. The average molecular weight is 601 g/mol. The lowest BCUT2D eigenvalue weighted by atomic mass is 9.68. The molecule has 2 aromatic rings. The van der Waals surface area contributed by atoms with Gasteiger partial charge in [0.05, 0.1) is 29.9 Å². The smallest absolute Gasteiger partial charge is 0.265 e. The van der Waals surface area contributed by atoms with Crippen molar-refractivity contribution in [3.05, 3.63) is 64.7 Å². The molecule has 2 aromatic carbocycles. The van der Waals surface area contributed by atoms with Gasteiger partial charge >= 0.3 is 0 Å². The SMILES string of the molecule is CC1(C)OCC=C[C@@H](O)[C@@H]2CC[C@H]2CN2C[C@@]3(CCCc4cc(Cl)ccc43)COc3ccc(cc32)S(=O)(=O)NC1=O. The van der Waals surface area contributed by atoms with Crippen molar-refractivity contribution in [3.63, 3.8) is 0 Å². The van der Waals surface area contributed by atoms with Crippen LogP contribution in [0.5, 0.6) is 5.75 Å². The molecule has 4 aliphatic rings. The molecule has 1 fully saturated rings. The summed E-state index contributed by atoms with van der Waals surface area (Å²) in [5.41, 5.74) is 1.43. The van der Waals surface area contributed by atoms with Crippen molar-refractivity contribution >= 4 is 33.2 Å². The summed E-state index contributed by atoms with van der Waals surface area (Å²) < 4.78 is 41.2. The number of rotatable bonds is 0. The van der Waals surface area contributed by atoms with Crippen LogP contribution < -0.4 is 14.4 Å². The highest BCUT2D eigenvalue weighted by Gasteiger charge is 2.44. The Kier molecular flexibility index (Phi) is 7.37. The first kappa shape index (κ1) is 28.5. The number of amides is 1. The minimum absolute atomic E-state index is 0.0158. The number of halogens is 1. The topological polar surface area (TPSA) is 105 Å². The predicted molar refractivity (Wildman–Crippen MR) is 157 cm³/mol. The Morgan fingerprint density at radius 3 is 2.76 bits per heavy atom. The molecule has 8 nitrogen and oxygen atoms in total. The summed E-state index contributed by atoms with van der Waals surface area (Å²) in [5.74, 6) is 0.131. The van der Waals surface area contributed by atoms with Gasteiger partial charge in [-0.1, -0.05) is 29.8 Å². The molecule has 2 bridgehead atoms. The second kappa shape index (κ2) is 10.6. The van der Waals surface area contributed by atoms with Gasteiger partial charge in [-0.15, -0.1) is 0 Å². The predicted octanol–water partition coefficient (Wildman–Crippen LogP) is 4.37. The van der Waals surface area contributed by atoms with Gasteiger partial charge in [-0.25, -0.2) is 13.1 Å². The molecule has 10 heteroatoms. The molecule has 1 spiro atoms. The van der Waals surface area contributed by atoms with Crippen LogP contribution in [0.4, 0.5) is 5.69 Å². The van der Waals surface area contributed by atoms with E-state index in [9.17, 15) is 18.3 Å². The quantitative estimate of drug-likeness (QED) is 0.433. The van der Waals surface area contributed by atoms with Gasteiger partial charge in [0.2, 0.25) is 0 Å². The van der Waals surface area contributed by atoms with Crippen LogP contribution in [0, 0.1) is 11.8 Å². The Morgan fingerprint density at radius 2 is 1.98 bits per heavy atom. The van der Waals surface area contributed by atoms with Crippen LogP contribution in [0.15, 0.2) is 53.4 Å². The molecule has 2 heterocycles. The summed E-state index contributed by atoms with van der Waals surface area (Å²) in [7, 11) is -4.18. The first-order valence-electron chi connectivity index (χ1n) is 14.3. The van der Waals surface area contributed by atoms with Crippen LogP contribution >= 0.6 is 11.6 Å². The van der Waals surface area contributed by atoms with Crippen LogP contribution in [0.1, 0.15) is 50.7 Å². The number of aryl methyl sites for hydroxylation is 1. The Labute approximate surface area is 246 Å². The summed E-state index contributed by atoms with van der Waals surface area (Å²) in [6.07, 6.45) is 7.56. The van der Waals surface area contributed by atoms with E-state index in [2.05, 4.69) is 15.7 Å². The van der Waals surface area contributed by atoms with E-state index in [-0.39, 0.29) is 28.8 Å². The molecule has 0 unspecified atom stereocenters. The Bertz CT molecular complexity index is 1490. The number of fused-ring (bicyclic) bond motifs is 4. The number of hydrogen-bond donors (Lipinski definition) is 2. The maximum atomic E-state index is 13.4. The second-order valence-corrected chi connectivity index (χ2v) is 14.5. The number of nitrogens with one attached hydrogen (secondary N) is 1. The second-order valence-electron chi connectivity index (χ2n) is 12.4.